The predicted molar refractivity (Wildman–Crippen MR) is 84.1 cm³/mol. The zero-order chi connectivity index (χ0) is 16.8. The summed E-state index contributed by atoms with van der Waals surface area (Å²) in [4.78, 5) is 22.4. The number of aliphatic carboxylic acids is 1. The van der Waals surface area contributed by atoms with Crippen LogP contribution < -0.4 is 5.32 Å². The normalized spacial score (nSPS) is 10.5. The third kappa shape index (κ3) is 4.30. The maximum atomic E-state index is 12.1. The Hall–Kier alpha value is -2.38. The molecule has 2 aromatic rings. The van der Waals surface area contributed by atoms with Crippen molar-refractivity contribution in [2.24, 2.45) is 0 Å². The second-order valence-corrected chi connectivity index (χ2v) is 5.12. The molecular formula is C15H16ClN3O4. The van der Waals surface area contributed by atoms with Crippen LogP contribution in [0.3, 0.4) is 0 Å². The molecule has 1 aromatic carbocycles. The summed E-state index contributed by atoms with van der Waals surface area (Å²) in [6.07, 6.45) is 1.46. The van der Waals surface area contributed by atoms with Gasteiger partial charge in [-0.3, -0.25) is 4.79 Å². The predicted octanol–water partition coefficient (Wildman–Crippen LogP) is 1.67. The van der Waals surface area contributed by atoms with Crippen LogP contribution in [-0.4, -0.2) is 46.5 Å². The van der Waals surface area contributed by atoms with Crippen molar-refractivity contribution < 1.29 is 19.4 Å². The number of aromatic nitrogens is 2. The molecule has 0 spiro atoms. The summed E-state index contributed by atoms with van der Waals surface area (Å²) in [6, 6.07) is 7.21. The quantitative estimate of drug-likeness (QED) is 0.749. The number of nitrogens with zero attached hydrogens (tertiary/aromatic N) is 2. The van der Waals surface area contributed by atoms with Gasteiger partial charge in [-0.25, -0.2) is 9.48 Å². The number of nitrogens with one attached hydrogen (secondary N) is 1. The molecule has 0 saturated heterocycles. The van der Waals surface area contributed by atoms with Crippen LogP contribution in [0.1, 0.15) is 16.1 Å². The summed E-state index contributed by atoms with van der Waals surface area (Å²) in [6.45, 7) is 1.71. The van der Waals surface area contributed by atoms with Crippen molar-refractivity contribution in [1.82, 2.24) is 15.1 Å². The molecule has 0 aliphatic heterocycles. The first-order chi connectivity index (χ1) is 11.0. The van der Waals surface area contributed by atoms with E-state index >= 15 is 0 Å². The van der Waals surface area contributed by atoms with Crippen molar-refractivity contribution in [3.05, 3.63) is 46.7 Å². The average molecular weight is 338 g/mol. The van der Waals surface area contributed by atoms with Crippen LogP contribution in [0.4, 0.5) is 0 Å². The summed E-state index contributed by atoms with van der Waals surface area (Å²) >= 11 is 6.14. The van der Waals surface area contributed by atoms with E-state index in [0.29, 0.717) is 22.0 Å². The molecule has 0 radical (unpaired) electrons. The molecule has 122 valence electrons. The van der Waals surface area contributed by atoms with E-state index in [4.69, 9.17) is 21.4 Å². The SMILES string of the molecule is Cc1c(C(=O)NCCOCC(=O)O)cnn1-c1ccccc1Cl. The second kappa shape index (κ2) is 7.75. The average Bonchev–Trinajstić information content (AvgIpc) is 2.88. The van der Waals surface area contributed by atoms with E-state index in [1.165, 1.54) is 6.20 Å². The standard InChI is InChI=1S/C15H16ClN3O4/c1-10-11(15(22)17-6-7-23-9-14(20)21)8-18-19(10)13-5-3-2-4-12(13)16/h2-5,8H,6-7,9H2,1H3,(H,17,22)(H,20,21). The molecule has 1 amide bonds. The van der Waals surface area contributed by atoms with Crippen LogP contribution in [0, 0.1) is 6.92 Å². The number of para-hydroxylation sites is 1. The molecule has 2 N–H and O–H groups in total. The molecular weight excluding hydrogens is 322 g/mol. The van der Waals surface area contributed by atoms with Gasteiger partial charge in [0.05, 0.1) is 34.8 Å². The van der Waals surface area contributed by atoms with Crippen LogP contribution in [0.15, 0.2) is 30.5 Å². The minimum absolute atomic E-state index is 0.121. The smallest absolute Gasteiger partial charge is 0.329 e. The minimum Gasteiger partial charge on any atom is -0.480 e. The molecule has 1 heterocycles. The molecule has 23 heavy (non-hydrogen) atoms. The van der Waals surface area contributed by atoms with Crippen LogP contribution >= 0.6 is 11.6 Å². The first-order valence-electron chi connectivity index (χ1n) is 6.88. The first kappa shape index (κ1) is 17.0. The maximum Gasteiger partial charge on any atom is 0.329 e. The van der Waals surface area contributed by atoms with E-state index in [9.17, 15) is 9.59 Å². The van der Waals surface area contributed by atoms with E-state index in [1.54, 1.807) is 17.7 Å². The van der Waals surface area contributed by atoms with Gasteiger partial charge in [-0.05, 0) is 19.1 Å². The van der Waals surface area contributed by atoms with Gasteiger partial charge in [0.25, 0.3) is 5.91 Å². The van der Waals surface area contributed by atoms with Crippen molar-refractivity contribution in [1.29, 1.82) is 0 Å². The topological polar surface area (TPSA) is 93.4 Å². The molecule has 0 aliphatic rings. The highest BCUT2D eigenvalue weighted by Crippen LogP contribution is 2.21. The van der Waals surface area contributed by atoms with Crippen LogP contribution in [0.2, 0.25) is 5.02 Å². The minimum atomic E-state index is -1.05. The number of hydrogen-bond donors (Lipinski definition) is 2. The van der Waals surface area contributed by atoms with E-state index in [1.807, 2.05) is 18.2 Å². The van der Waals surface area contributed by atoms with Gasteiger partial charge < -0.3 is 15.2 Å². The van der Waals surface area contributed by atoms with Crippen molar-refractivity contribution >= 4 is 23.5 Å². The zero-order valence-electron chi connectivity index (χ0n) is 12.5. The third-order valence-electron chi connectivity index (χ3n) is 3.09. The molecule has 0 fully saturated rings. The number of halogens is 1. The number of hydrogen-bond acceptors (Lipinski definition) is 4. The maximum absolute atomic E-state index is 12.1. The second-order valence-electron chi connectivity index (χ2n) is 4.71. The Morgan fingerprint density at radius 2 is 2.13 bits per heavy atom. The molecule has 0 aliphatic carbocycles. The van der Waals surface area contributed by atoms with Crippen LogP contribution in [0.25, 0.3) is 5.69 Å². The van der Waals surface area contributed by atoms with E-state index < -0.39 is 5.97 Å². The Balaban J connectivity index is 2.00. The lowest BCUT2D eigenvalue weighted by atomic mass is 10.2. The number of carbonyl (C=O) groups excluding carboxylic acids is 1. The summed E-state index contributed by atoms with van der Waals surface area (Å²) in [7, 11) is 0. The Morgan fingerprint density at radius 1 is 1.39 bits per heavy atom. The van der Waals surface area contributed by atoms with Crippen molar-refractivity contribution in [3.63, 3.8) is 0 Å². The Kier molecular flexibility index (Phi) is 5.72. The van der Waals surface area contributed by atoms with Gasteiger partial charge in [0.15, 0.2) is 0 Å². The number of carboxylic acid groups (broad SMARTS) is 1. The number of carboxylic acids is 1. The lowest BCUT2D eigenvalue weighted by molar-refractivity contribution is -0.142. The molecule has 1 aromatic heterocycles. The lowest BCUT2D eigenvalue weighted by Gasteiger charge is -2.08. The fraction of sp³-hybridized carbons (Fsp3) is 0.267. The largest absolute Gasteiger partial charge is 0.480 e. The molecule has 2 rings (SSSR count). The fourth-order valence-electron chi connectivity index (χ4n) is 1.99. The number of rotatable bonds is 7. The third-order valence-corrected chi connectivity index (χ3v) is 3.41. The van der Waals surface area contributed by atoms with Crippen molar-refractivity contribution in [3.8, 4) is 5.69 Å². The molecule has 0 atom stereocenters. The number of benzene rings is 1. The highest BCUT2D eigenvalue weighted by molar-refractivity contribution is 6.32. The zero-order valence-corrected chi connectivity index (χ0v) is 13.2. The van der Waals surface area contributed by atoms with Gasteiger partial charge in [0.2, 0.25) is 0 Å². The van der Waals surface area contributed by atoms with Gasteiger partial charge >= 0.3 is 5.97 Å². The fourth-order valence-corrected chi connectivity index (χ4v) is 2.21. The summed E-state index contributed by atoms with van der Waals surface area (Å²) in [5, 5.41) is 15.8. The van der Waals surface area contributed by atoms with E-state index in [2.05, 4.69) is 10.4 Å². The summed E-state index contributed by atoms with van der Waals surface area (Å²) < 4.78 is 6.44. The Labute approximate surface area is 137 Å². The van der Waals surface area contributed by atoms with Crippen molar-refractivity contribution in [2.75, 3.05) is 19.8 Å². The Bertz CT molecular complexity index is 714. The van der Waals surface area contributed by atoms with Gasteiger partial charge in [-0.1, -0.05) is 23.7 Å². The van der Waals surface area contributed by atoms with Gasteiger partial charge in [-0.15, -0.1) is 0 Å². The van der Waals surface area contributed by atoms with Crippen LogP contribution in [-0.2, 0) is 9.53 Å². The molecule has 0 bridgehead atoms. The lowest BCUT2D eigenvalue weighted by Crippen LogP contribution is -2.28. The van der Waals surface area contributed by atoms with E-state index in [0.717, 1.165) is 0 Å². The number of ether oxygens (including phenoxy) is 1. The number of amides is 1. The monoisotopic (exact) mass is 337 g/mol. The number of carbonyl (C=O) groups is 2. The van der Waals surface area contributed by atoms with Gasteiger partial charge in [0.1, 0.15) is 6.61 Å². The molecule has 8 heteroatoms. The highest BCUT2D eigenvalue weighted by Gasteiger charge is 2.15. The molecule has 0 unspecified atom stereocenters. The molecule has 0 saturated carbocycles. The van der Waals surface area contributed by atoms with Gasteiger partial charge in [0, 0.05) is 6.54 Å². The summed E-state index contributed by atoms with van der Waals surface area (Å²) in [5.41, 5.74) is 1.76. The van der Waals surface area contributed by atoms with E-state index in [-0.39, 0.29) is 25.7 Å². The Morgan fingerprint density at radius 3 is 2.83 bits per heavy atom. The van der Waals surface area contributed by atoms with Crippen LogP contribution in [0.5, 0.6) is 0 Å². The van der Waals surface area contributed by atoms with Crippen molar-refractivity contribution in [2.45, 2.75) is 6.92 Å². The highest BCUT2D eigenvalue weighted by atomic mass is 35.5. The first-order valence-corrected chi connectivity index (χ1v) is 7.25. The van der Waals surface area contributed by atoms with Gasteiger partial charge in [-0.2, -0.15) is 5.10 Å². The molecule has 7 nitrogen and oxygen atoms in total. The summed E-state index contributed by atoms with van der Waals surface area (Å²) in [5.74, 6) is -1.35.